The van der Waals surface area contributed by atoms with Crippen LogP contribution in [0.25, 0.3) is 0 Å². The normalized spacial score (nSPS) is 12.1. The van der Waals surface area contributed by atoms with Crippen LogP contribution in [-0.4, -0.2) is 40.3 Å². The van der Waals surface area contributed by atoms with Crippen molar-refractivity contribution >= 4 is 13.7 Å². The summed E-state index contributed by atoms with van der Waals surface area (Å²) in [6.07, 6.45) is 0. The summed E-state index contributed by atoms with van der Waals surface area (Å²) in [5.41, 5.74) is 0. The van der Waals surface area contributed by atoms with Gasteiger partial charge in [0.2, 0.25) is 0 Å². The Morgan fingerprint density at radius 3 is 1.88 bits per heavy atom. The zero-order valence-corrected chi connectivity index (χ0v) is 11.7. The molecular weight excluding hydrogens is 214 g/mol. The molecule has 0 atom stereocenters. The summed E-state index contributed by atoms with van der Waals surface area (Å²) in [5.74, 6) is 0. The largest absolute Gasteiger partial charge is 0.317 e. The van der Waals surface area contributed by atoms with Gasteiger partial charge in [0.1, 0.15) is 0 Å². The van der Waals surface area contributed by atoms with E-state index in [1.54, 1.807) is 0 Å². The summed E-state index contributed by atoms with van der Waals surface area (Å²) >= 11 is 0. The van der Waals surface area contributed by atoms with Crippen LogP contribution >= 0.6 is 0 Å². The molecule has 0 aliphatic rings. The SMILES string of the molecule is CCN(CC)[Si](NC)(NC)c1ccccc1. The number of hydrogen-bond acceptors (Lipinski definition) is 3. The van der Waals surface area contributed by atoms with Crippen LogP contribution in [0.3, 0.4) is 0 Å². The molecule has 0 saturated heterocycles. The van der Waals surface area contributed by atoms with Crippen molar-refractivity contribution in [3.05, 3.63) is 30.3 Å². The lowest BCUT2D eigenvalue weighted by Crippen LogP contribution is -2.78. The van der Waals surface area contributed by atoms with E-state index in [0.29, 0.717) is 0 Å². The Morgan fingerprint density at radius 1 is 1.00 bits per heavy atom. The highest BCUT2D eigenvalue weighted by Gasteiger charge is 2.38. The molecule has 3 nitrogen and oxygen atoms in total. The van der Waals surface area contributed by atoms with Crippen molar-refractivity contribution in [2.75, 3.05) is 27.2 Å². The van der Waals surface area contributed by atoms with Crippen LogP contribution in [0.15, 0.2) is 30.3 Å². The van der Waals surface area contributed by atoms with E-state index in [4.69, 9.17) is 0 Å². The molecule has 0 radical (unpaired) electrons. The minimum atomic E-state index is -1.92. The van der Waals surface area contributed by atoms with Crippen molar-refractivity contribution in [2.45, 2.75) is 13.8 Å². The Labute approximate surface area is 100 Å². The van der Waals surface area contributed by atoms with Gasteiger partial charge in [0.15, 0.2) is 0 Å². The van der Waals surface area contributed by atoms with Gasteiger partial charge in [0.05, 0.1) is 0 Å². The highest BCUT2D eigenvalue weighted by atomic mass is 28.4. The van der Waals surface area contributed by atoms with Gasteiger partial charge in [-0.3, -0.25) is 4.57 Å². The molecule has 0 aliphatic carbocycles. The van der Waals surface area contributed by atoms with Crippen LogP contribution in [0, 0.1) is 0 Å². The van der Waals surface area contributed by atoms with E-state index in [-0.39, 0.29) is 0 Å². The van der Waals surface area contributed by atoms with E-state index in [1.165, 1.54) is 5.19 Å². The van der Waals surface area contributed by atoms with Crippen molar-refractivity contribution in [1.29, 1.82) is 0 Å². The molecular formula is C12H23N3Si. The Hall–Kier alpha value is -0.683. The maximum Gasteiger partial charge on any atom is 0.317 e. The molecule has 90 valence electrons. The molecule has 0 aromatic heterocycles. The smallest absolute Gasteiger partial charge is 0.312 e. The molecule has 0 aliphatic heterocycles. The average Bonchev–Trinajstić information content (AvgIpc) is 2.37. The molecule has 1 aromatic carbocycles. The number of rotatable bonds is 6. The molecule has 0 unspecified atom stereocenters. The molecule has 0 fully saturated rings. The third-order valence-electron chi connectivity index (χ3n) is 3.15. The minimum Gasteiger partial charge on any atom is -0.312 e. The van der Waals surface area contributed by atoms with E-state index >= 15 is 0 Å². The van der Waals surface area contributed by atoms with Crippen molar-refractivity contribution in [1.82, 2.24) is 14.5 Å². The molecule has 0 spiro atoms. The number of hydrogen-bond donors (Lipinski definition) is 2. The second-order valence-corrected chi connectivity index (χ2v) is 7.38. The Kier molecular flexibility index (Phi) is 5.14. The Bertz CT molecular complexity index is 294. The first-order valence-electron chi connectivity index (χ1n) is 5.93. The van der Waals surface area contributed by atoms with Gasteiger partial charge in [-0.15, -0.1) is 0 Å². The highest BCUT2D eigenvalue weighted by molar-refractivity contribution is 6.85. The first kappa shape index (κ1) is 13.4. The maximum atomic E-state index is 3.54. The first-order chi connectivity index (χ1) is 7.75. The zero-order chi connectivity index (χ0) is 12.0. The van der Waals surface area contributed by atoms with Gasteiger partial charge in [-0.1, -0.05) is 44.2 Å². The molecule has 2 N–H and O–H groups in total. The minimum absolute atomic E-state index is 1.05. The fourth-order valence-corrected chi connectivity index (χ4v) is 5.74. The second-order valence-electron chi connectivity index (χ2n) is 3.75. The van der Waals surface area contributed by atoms with E-state index in [1.807, 2.05) is 14.1 Å². The summed E-state index contributed by atoms with van der Waals surface area (Å²) in [4.78, 5) is 7.07. The van der Waals surface area contributed by atoms with Gasteiger partial charge in [-0.05, 0) is 32.4 Å². The third kappa shape index (κ3) is 2.35. The number of nitrogens with zero attached hydrogens (tertiary/aromatic N) is 1. The lowest BCUT2D eigenvalue weighted by atomic mass is 10.4. The van der Waals surface area contributed by atoms with Gasteiger partial charge >= 0.3 is 8.56 Å². The number of benzene rings is 1. The van der Waals surface area contributed by atoms with Crippen LogP contribution in [0.5, 0.6) is 0 Å². The molecule has 0 bridgehead atoms. The van der Waals surface area contributed by atoms with E-state index < -0.39 is 8.56 Å². The summed E-state index contributed by atoms with van der Waals surface area (Å²) < 4.78 is 2.50. The molecule has 1 aromatic rings. The zero-order valence-electron chi connectivity index (χ0n) is 10.7. The highest BCUT2D eigenvalue weighted by Crippen LogP contribution is 2.03. The van der Waals surface area contributed by atoms with Crippen molar-refractivity contribution in [3.63, 3.8) is 0 Å². The predicted molar refractivity (Wildman–Crippen MR) is 72.9 cm³/mol. The second kappa shape index (κ2) is 6.15. The average molecular weight is 237 g/mol. The summed E-state index contributed by atoms with van der Waals surface area (Å²) in [5, 5.41) is 1.38. The maximum absolute atomic E-state index is 3.54. The fraction of sp³-hybridized carbons (Fsp3) is 0.500. The van der Waals surface area contributed by atoms with Gasteiger partial charge < -0.3 is 9.96 Å². The molecule has 4 heteroatoms. The number of nitrogens with one attached hydrogen (secondary N) is 2. The fourth-order valence-electron chi connectivity index (χ4n) is 2.29. The molecule has 0 saturated carbocycles. The summed E-state index contributed by atoms with van der Waals surface area (Å²) in [6.45, 7) is 6.53. The van der Waals surface area contributed by atoms with E-state index in [9.17, 15) is 0 Å². The van der Waals surface area contributed by atoms with Crippen molar-refractivity contribution in [3.8, 4) is 0 Å². The van der Waals surface area contributed by atoms with Crippen LogP contribution < -0.4 is 15.2 Å². The van der Waals surface area contributed by atoms with Gasteiger partial charge in [0.25, 0.3) is 0 Å². The van der Waals surface area contributed by atoms with Crippen LogP contribution in [0.1, 0.15) is 13.8 Å². The quantitative estimate of drug-likeness (QED) is 0.710. The van der Waals surface area contributed by atoms with Crippen LogP contribution in [0.4, 0.5) is 0 Å². The van der Waals surface area contributed by atoms with Gasteiger partial charge in [0, 0.05) is 0 Å². The van der Waals surface area contributed by atoms with Gasteiger partial charge in [-0.2, -0.15) is 0 Å². The Balaban J connectivity index is 3.14. The molecule has 16 heavy (non-hydrogen) atoms. The molecule has 0 heterocycles. The molecule has 0 amide bonds. The van der Waals surface area contributed by atoms with E-state index in [2.05, 4.69) is 58.7 Å². The third-order valence-corrected chi connectivity index (χ3v) is 7.35. The van der Waals surface area contributed by atoms with Crippen LogP contribution in [0.2, 0.25) is 0 Å². The lowest BCUT2D eigenvalue weighted by Gasteiger charge is -2.40. The van der Waals surface area contributed by atoms with Crippen LogP contribution in [-0.2, 0) is 0 Å². The monoisotopic (exact) mass is 237 g/mol. The van der Waals surface area contributed by atoms with Crippen molar-refractivity contribution in [2.24, 2.45) is 0 Å². The Morgan fingerprint density at radius 2 is 1.50 bits per heavy atom. The summed E-state index contributed by atoms with van der Waals surface area (Å²) in [7, 11) is 2.18. The van der Waals surface area contributed by atoms with Gasteiger partial charge in [-0.25, -0.2) is 0 Å². The van der Waals surface area contributed by atoms with E-state index in [0.717, 1.165) is 13.1 Å². The molecule has 1 rings (SSSR count). The first-order valence-corrected chi connectivity index (χ1v) is 7.88. The summed E-state index contributed by atoms with van der Waals surface area (Å²) in [6, 6.07) is 10.7. The van der Waals surface area contributed by atoms with Crippen molar-refractivity contribution < 1.29 is 0 Å². The topological polar surface area (TPSA) is 27.3 Å². The predicted octanol–water partition coefficient (Wildman–Crippen LogP) is 0.613. The standard InChI is InChI=1S/C12H23N3Si/c1-5-15(6-2)16(13-3,14-4)12-10-8-7-9-11-12/h7-11,13-14H,5-6H2,1-4H3. The lowest BCUT2D eigenvalue weighted by molar-refractivity contribution is 0.449.